The average molecular weight is 677 g/mol. The Kier molecular flexibility index (Phi) is 15.7. The van der Waals surface area contributed by atoms with Gasteiger partial charge in [-0.05, 0) is 111 Å². The molecule has 6 N–H and O–H groups in total. The molecule has 9 heteroatoms. The summed E-state index contributed by atoms with van der Waals surface area (Å²) in [6.45, 7) is 13.0. The number of carbonyl (C=O) groups excluding carboxylic acids is 2. The number of amides is 2. The molecule has 264 valence electrons. The number of anilines is 1. The normalized spacial score (nSPS) is 12.8. The van der Waals surface area contributed by atoms with Crippen LogP contribution >= 0.6 is 0 Å². The molecule has 0 bridgehead atoms. The molecule has 4 rings (SSSR count). The second kappa shape index (κ2) is 20.2. The zero-order chi connectivity index (χ0) is 36.5. The standard InChI is InChI=1S/C30H29N3O2.C11H23N3O/c1-4-21(2)29(23-9-8-12-27(19-23)35-26-10-6-5-7-11-26)33-28-20-24(14-13-22(28)3)30(34)32-25-15-17-31-18-16-25;1-4-8(2)10(12)14-7-5-6-9(3)11(13)15/h5-21H,4H2,1-3H3,(H,31,32,34);9,14H,4-7,12H2,1-3H3,(H2,13,15)/b;10-8+. The Hall–Kier alpha value is -5.44. The molecular formula is C41H52N6O3. The molecule has 0 aliphatic carbocycles. The van der Waals surface area contributed by atoms with E-state index in [9.17, 15) is 9.59 Å². The van der Waals surface area contributed by atoms with Crippen LogP contribution in [0.5, 0.6) is 11.5 Å². The quantitative estimate of drug-likeness (QED) is 0.0732. The van der Waals surface area contributed by atoms with Crippen molar-refractivity contribution < 1.29 is 14.3 Å². The molecule has 0 saturated carbocycles. The number of primary amides is 1. The van der Waals surface area contributed by atoms with Gasteiger partial charge < -0.3 is 26.8 Å². The second-order valence-corrected chi connectivity index (χ2v) is 12.4. The maximum Gasteiger partial charge on any atom is 0.255 e. The monoisotopic (exact) mass is 676 g/mol. The van der Waals surface area contributed by atoms with Crippen LogP contribution in [0.2, 0.25) is 0 Å². The number of hydrogen-bond acceptors (Lipinski definition) is 7. The van der Waals surface area contributed by atoms with Crippen LogP contribution in [-0.4, -0.2) is 29.1 Å². The molecule has 4 aromatic rings. The molecular weight excluding hydrogens is 624 g/mol. The van der Waals surface area contributed by atoms with Gasteiger partial charge in [-0.1, -0.05) is 64.1 Å². The first kappa shape index (κ1) is 39.0. The van der Waals surface area contributed by atoms with E-state index in [4.69, 9.17) is 21.2 Å². The average Bonchev–Trinajstić information content (AvgIpc) is 3.13. The fourth-order valence-corrected chi connectivity index (χ4v) is 4.75. The molecule has 2 unspecified atom stereocenters. The maximum absolute atomic E-state index is 12.8. The van der Waals surface area contributed by atoms with Gasteiger partial charge in [0.1, 0.15) is 11.5 Å². The molecule has 2 amide bonds. The highest BCUT2D eigenvalue weighted by Gasteiger charge is 2.15. The molecule has 0 fully saturated rings. The van der Waals surface area contributed by atoms with Crippen LogP contribution in [0.1, 0.15) is 81.8 Å². The van der Waals surface area contributed by atoms with Crippen LogP contribution in [0.4, 0.5) is 11.4 Å². The summed E-state index contributed by atoms with van der Waals surface area (Å²) >= 11 is 0. The number of aromatic nitrogens is 1. The zero-order valence-corrected chi connectivity index (χ0v) is 30.2. The van der Waals surface area contributed by atoms with Crippen molar-refractivity contribution in [1.82, 2.24) is 10.3 Å². The van der Waals surface area contributed by atoms with Gasteiger partial charge in [-0.25, -0.2) is 0 Å². The lowest BCUT2D eigenvalue weighted by atomic mass is 9.95. The third-order valence-corrected chi connectivity index (χ3v) is 8.44. The Morgan fingerprint density at radius 3 is 2.22 bits per heavy atom. The summed E-state index contributed by atoms with van der Waals surface area (Å²) < 4.78 is 6.05. The van der Waals surface area contributed by atoms with Gasteiger partial charge >= 0.3 is 0 Å². The lowest BCUT2D eigenvalue weighted by Gasteiger charge is -2.16. The van der Waals surface area contributed by atoms with E-state index >= 15 is 0 Å². The summed E-state index contributed by atoms with van der Waals surface area (Å²) in [6.07, 6.45) is 6.89. The largest absolute Gasteiger partial charge is 0.457 e. The number of hydrogen-bond donors (Lipinski definition) is 4. The number of allylic oxidation sites excluding steroid dienone is 1. The van der Waals surface area contributed by atoms with Crippen molar-refractivity contribution in [1.29, 1.82) is 0 Å². The number of rotatable bonds is 15. The Bertz CT molecular complexity index is 1740. The highest BCUT2D eigenvalue weighted by atomic mass is 16.5. The molecule has 9 nitrogen and oxygen atoms in total. The molecule has 1 aromatic heterocycles. The number of nitrogens with two attached hydrogens (primary N) is 2. The minimum atomic E-state index is -0.233. The molecule has 0 spiro atoms. The van der Waals surface area contributed by atoms with Crippen LogP contribution in [0.15, 0.2) is 114 Å². The van der Waals surface area contributed by atoms with Crippen LogP contribution in [0.3, 0.4) is 0 Å². The highest BCUT2D eigenvalue weighted by molar-refractivity contribution is 6.06. The first-order valence-electron chi connectivity index (χ1n) is 17.2. The summed E-state index contributed by atoms with van der Waals surface area (Å²) in [4.78, 5) is 32.7. The van der Waals surface area contributed by atoms with Crippen molar-refractivity contribution in [2.24, 2.45) is 28.3 Å². The summed E-state index contributed by atoms with van der Waals surface area (Å²) in [7, 11) is 0. The number of aliphatic imine (C=N–C) groups is 1. The van der Waals surface area contributed by atoms with E-state index in [-0.39, 0.29) is 23.7 Å². The van der Waals surface area contributed by atoms with Crippen LogP contribution in [-0.2, 0) is 4.79 Å². The van der Waals surface area contributed by atoms with Crippen molar-refractivity contribution >= 4 is 28.9 Å². The number of nitrogens with zero attached hydrogens (tertiary/aromatic N) is 2. The van der Waals surface area contributed by atoms with Gasteiger partial charge in [0.25, 0.3) is 5.91 Å². The molecule has 0 radical (unpaired) electrons. The Morgan fingerprint density at radius 2 is 1.56 bits per heavy atom. The number of aryl methyl sites for hydroxylation is 1. The van der Waals surface area contributed by atoms with Crippen LogP contribution in [0.25, 0.3) is 0 Å². The summed E-state index contributed by atoms with van der Waals surface area (Å²) in [6, 6.07) is 26.9. The topological polar surface area (TPSA) is 145 Å². The molecule has 50 heavy (non-hydrogen) atoms. The lowest BCUT2D eigenvalue weighted by molar-refractivity contribution is -0.121. The molecule has 3 aromatic carbocycles. The van der Waals surface area contributed by atoms with Crippen LogP contribution in [0, 0.1) is 18.8 Å². The fourth-order valence-electron chi connectivity index (χ4n) is 4.75. The van der Waals surface area contributed by atoms with E-state index < -0.39 is 0 Å². The van der Waals surface area contributed by atoms with Crippen molar-refractivity contribution in [2.75, 3.05) is 11.9 Å². The molecule has 0 aliphatic rings. The second-order valence-electron chi connectivity index (χ2n) is 12.4. The summed E-state index contributed by atoms with van der Waals surface area (Å²) in [5, 5.41) is 6.04. The summed E-state index contributed by atoms with van der Waals surface area (Å²) in [5.74, 6) is 2.05. The van der Waals surface area contributed by atoms with Gasteiger partial charge in [-0.15, -0.1) is 0 Å². The zero-order valence-electron chi connectivity index (χ0n) is 30.2. The number of para-hydroxylation sites is 1. The van der Waals surface area contributed by atoms with E-state index in [1.165, 1.54) is 0 Å². The van der Waals surface area contributed by atoms with Gasteiger partial charge in [0, 0.05) is 36.1 Å². The molecule has 2 atom stereocenters. The van der Waals surface area contributed by atoms with Gasteiger partial charge in [-0.2, -0.15) is 0 Å². The van der Waals surface area contributed by atoms with E-state index in [1.807, 2.05) is 87.5 Å². The van der Waals surface area contributed by atoms with E-state index in [0.29, 0.717) is 11.3 Å². The van der Waals surface area contributed by atoms with Crippen molar-refractivity contribution in [3.05, 3.63) is 125 Å². The van der Waals surface area contributed by atoms with Gasteiger partial charge in [-0.3, -0.25) is 19.6 Å². The van der Waals surface area contributed by atoms with Gasteiger partial charge in [0.15, 0.2) is 0 Å². The number of benzene rings is 3. The minimum absolute atomic E-state index is 0.0516. The minimum Gasteiger partial charge on any atom is -0.457 e. The van der Waals surface area contributed by atoms with Crippen LogP contribution < -0.4 is 26.8 Å². The van der Waals surface area contributed by atoms with Crippen molar-refractivity contribution in [3.8, 4) is 11.5 Å². The third-order valence-electron chi connectivity index (χ3n) is 8.44. The first-order chi connectivity index (χ1) is 24.0. The van der Waals surface area contributed by atoms with E-state index in [1.54, 1.807) is 24.5 Å². The van der Waals surface area contributed by atoms with Gasteiger partial charge in [0.05, 0.1) is 17.2 Å². The summed E-state index contributed by atoms with van der Waals surface area (Å²) in [5.41, 5.74) is 17.1. The van der Waals surface area contributed by atoms with E-state index in [2.05, 4.69) is 42.5 Å². The number of ether oxygens (including phenoxy) is 1. The molecule has 0 aliphatic heterocycles. The van der Waals surface area contributed by atoms with Gasteiger partial charge in [0.2, 0.25) is 5.91 Å². The van der Waals surface area contributed by atoms with Crippen molar-refractivity contribution in [3.63, 3.8) is 0 Å². The number of pyridine rings is 1. The Morgan fingerprint density at radius 1 is 0.860 bits per heavy atom. The number of carbonyl (C=O) groups is 2. The highest BCUT2D eigenvalue weighted by Crippen LogP contribution is 2.28. The fraction of sp³-hybridized carbons (Fsp3) is 0.317. The Balaban J connectivity index is 0.000000381. The first-order valence-corrected chi connectivity index (χ1v) is 17.2. The smallest absolute Gasteiger partial charge is 0.255 e. The van der Waals surface area contributed by atoms with Crippen molar-refractivity contribution in [2.45, 2.75) is 67.2 Å². The maximum atomic E-state index is 12.8. The third kappa shape index (κ3) is 12.5. The lowest BCUT2D eigenvalue weighted by Crippen LogP contribution is -2.25. The molecule has 1 heterocycles. The number of nitrogens with one attached hydrogen (secondary N) is 2. The van der Waals surface area contributed by atoms with E-state index in [0.717, 1.165) is 77.6 Å². The predicted molar refractivity (Wildman–Crippen MR) is 205 cm³/mol. The predicted octanol–water partition coefficient (Wildman–Crippen LogP) is 8.68. The Labute approximate surface area is 297 Å². The SMILES string of the molecule is CC/C(C)=C(\N)NCCCC(C)C(N)=O.CCC(C)C(=Nc1cc(C(=O)Nc2ccncc2)ccc1C)c1cccc(Oc2ccccc2)c1. The molecule has 0 saturated heterocycles.